The Morgan fingerprint density at radius 2 is 1.97 bits per heavy atom. The van der Waals surface area contributed by atoms with Crippen molar-refractivity contribution in [2.24, 2.45) is 0 Å². The number of benzene rings is 2. The first-order valence-electron chi connectivity index (χ1n) is 10.2. The Morgan fingerprint density at radius 1 is 1.16 bits per heavy atom. The van der Waals surface area contributed by atoms with Crippen LogP contribution in [0.15, 0.2) is 60.9 Å². The van der Waals surface area contributed by atoms with Crippen molar-refractivity contribution in [2.75, 3.05) is 11.9 Å². The first kappa shape index (κ1) is 20.8. The summed E-state index contributed by atoms with van der Waals surface area (Å²) in [7, 11) is 0. The molecule has 8 nitrogen and oxygen atoms in total. The van der Waals surface area contributed by atoms with Gasteiger partial charge in [0, 0.05) is 24.7 Å². The number of anilines is 1. The van der Waals surface area contributed by atoms with E-state index in [1.54, 1.807) is 30.9 Å². The molecule has 4 aromatic rings. The Kier molecular flexibility index (Phi) is 5.83. The van der Waals surface area contributed by atoms with E-state index >= 15 is 0 Å². The summed E-state index contributed by atoms with van der Waals surface area (Å²) in [5, 5.41) is 28.1. The van der Waals surface area contributed by atoms with Crippen LogP contribution in [0.2, 0.25) is 0 Å². The zero-order valence-electron chi connectivity index (χ0n) is 17.6. The Labute approximate surface area is 180 Å². The predicted octanol–water partition coefficient (Wildman–Crippen LogP) is 2.92. The van der Waals surface area contributed by atoms with E-state index in [1.165, 1.54) is 0 Å². The number of rotatable bonds is 8. The molecule has 31 heavy (non-hydrogen) atoms. The van der Waals surface area contributed by atoms with Crippen molar-refractivity contribution in [3.05, 3.63) is 77.7 Å². The molecule has 2 heterocycles. The molecule has 0 aliphatic carbocycles. The van der Waals surface area contributed by atoms with E-state index in [0.29, 0.717) is 31.0 Å². The van der Waals surface area contributed by atoms with Gasteiger partial charge in [0.25, 0.3) is 5.91 Å². The highest BCUT2D eigenvalue weighted by atomic mass is 16.3. The number of aromatic nitrogens is 4. The minimum Gasteiger partial charge on any atom is -0.389 e. The zero-order chi connectivity index (χ0) is 21.8. The molecule has 2 aromatic carbocycles. The summed E-state index contributed by atoms with van der Waals surface area (Å²) in [6.07, 6.45) is 3.42. The lowest BCUT2D eigenvalue weighted by Gasteiger charge is -2.17. The Bertz CT molecular complexity index is 1190. The molecule has 4 N–H and O–H groups in total. The summed E-state index contributed by atoms with van der Waals surface area (Å²) in [6.45, 7) is 5.33. The highest BCUT2D eigenvalue weighted by molar-refractivity contribution is 6.10. The van der Waals surface area contributed by atoms with Gasteiger partial charge in [-0.2, -0.15) is 10.2 Å². The molecular formula is C23H26N6O2. The van der Waals surface area contributed by atoms with Crippen LogP contribution in [0, 0.1) is 0 Å². The number of nitrogens with one attached hydrogen (secondary N) is 3. The fraction of sp³-hybridized carbons (Fsp3) is 0.261. The number of carbonyl (C=O) groups is 1. The summed E-state index contributed by atoms with van der Waals surface area (Å²) in [4.78, 5) is 12.6. The third kappa shape index (κ3) is 5.36. The highest BCUT2D eigenvalue weighted by Gasteiger charge is 2.15. The zero-order valence-corrected chi connectivity index (χ0v) is 17.6. The number of carbonyl (C=O) groups excluding carboxylic acids is 1. The topological polar surface area (TPSA) is 108 Å². The SMILES string of the molecule is CC(C)(O)CNCc1cccc(Cn2cc(NC(=O)c3n[nH]c4ccccc34)cn2)c1. The maximum Gasteiger partial charge on any atom is 0.276 e. The van der Waals surface area contributed by atoms with Crippen molar-refractivity contribution in [2.45, 2.75) is 32.5 Å². The molecule has 2 aromatic heterocycles. The summed E-state index contributed by atoms with van der Waals surface area (Å²) in [5.74, 6) is -0.281. The van der Waals surface area contributed by atoms with E-state index in [0.717, 1.165) is 22.0 Å². The maximum atomic E-state index is 12.6. The van der Waals surface area contributed by atoms with E-state index in [-0.39, 0.29) is 5.91 Å². The van der Waals surface area contributed by atoms with Crippen LogP contribution in [0.4, 0.5) is 5.69 Å². The third-order valence-corrected chi connectivity index (χ3v) is 4.80. The molecule has 0 aliphatic rings. The first-order chi connectivity index (χ1) is 14.9. The summed E-state index contributed by atoms with van der Waals surface area (Å²) in [6, 6.07) is 15.7. The van der Waals surface area contributed by atoms with Gasteiger partial charge in [-0.1, -0.05) is 42.5 Å². The lowest BCUT2D eigenvalue weighted by Crippen LogP contribution is -2.34. The molecule has 0 aliphatic heterocycles. The third-order valence-electron chi connectivity index (χ3n) is 4.80. The van der Waals surface area contributed by atoms with Crippen LogP contribution in [0.3, 0.4) is 0 Å². The minimum atomic E-state index is -0.740. The van der Waals surface area contributed by atoms with E-state index in [1.807, 2.05) is 42.5 Å². The molecule has 0 saturated carbocycles. The number of para-hydroxylation sites is 1. The van der Waals surface area contributed by atoms with Gasteiger partial charge in [0.1, 0.15) is 0 Å². The monoisotopic (exact) mass is 418 g/mol. The maximum absolute atomic E-state index is 12.6. The van der Waals surface area contributed by atoms with Crippen LogP contribution in [0.1, 0.15) is 35.5 Å². The van der Waals surface area contributed by atoms with Gasteiger partial charge in [-0.15, -0.1) is 0 Å². The van der Waals surface area contributed by atoms with Crippen LogP contribution in [-0.2, 0) is 13.1 Å². The van der Waals surface area contributed by atoms with Gasteiger partial charge in [-0.05, 0) is 31.0 Å². The van der Waals surface area contributed by atoms with Gasteiger partial charge in [0.05, 0.1) is 29.5 Å². The number of H-pyrrole nitrogens is 1. The second-order valence-corrected chi connectivity index (χ2v) is 8.23. The van der Waals surface area contributed by atoms with E-state index < -0.39 is 5.60 Å². The average Bonchev–Trinajstić information content (AvgIpc) is 3.34. The van der Waals surface area contributed by atoms with Crippen molar-refractivity contribution in [1.29, 1.82) is 0 Å². The highest BCUT2D eigenvalue weighted by Crippen LogP contribution is 2.17. The Morgan fingerprint density at radius 3 is 2.81 bits per heavy atom. The van der Waals surface area contributed by atoms with Crippen LogP contribution in [0.5, 0.6) is 0 Å². The molecule has 0 bridgehead atoms. The number of fused-ring (bicyclic) bond motifs is 1. The fourth-order valence-corrected chi connectivity index (χ4v) is 3.38. The lowest BCUT2D eigenvalue weighted by atomic mass is 10.1. The summed E-state index contributed by atoms with van der Waals surface area (Å²) < 4.78 is 1.78. The van der Waals surface area contributed by atoms with Crippen molar-refractivity contribution >= 4 is 22.5 Å². The Balaban J connectivity index is 1.38. The van der Waals surface area contributed by atoms with Gasteiger partial charge in [0.2, 0.25) is 0 Å². The van der Waals surface area contributed by atoms with E-state index in [4.69, 9.17) is 0 Å². The number of aromatic amines is 1. The van der Waals surface area contributed by atoms with Gasteiger partial charge in [-0.3, -0.25) is 14.6 Å². The quantitative estimate of drug-likeness (QED) is 0.352. The number of hydrogen-bond donors (Lipinski definition) is 4. The summed E-state index contributed by atoms with van der Waals surface area (Å²) >= 11 is 0. The Hall–Kier alpha value is -3.49. The minimum absolute atomic E-state index is 0.281. The molecule has 160 valence electrons. The van der Waals surface area contributed by atoms with Crippen molar-refractivity contribution in [3.8, 4) is 0 Å². The molecule has 1 amide bonds. The largest absolute Gasteiger partial charge is 0.389 e. The van der Waals surface area contributed by atoms with Crippen molar-refractivity contribution < 1.29 is 9.90 Å². The van der Waals surface area contributed by atoms with Crippen LogP contribution in [-0.4, -0.2) is 43.1 Å². The average molecular weight is 419 g/mol. The molecule has 0 spiro atoms. The molecular weight excluding hydrogens is 392 g/mol. The standard InChI is InChI=1S/C23H26N6O2/c1-23(2,31)15-24-11-16-6-5-7-17(10-16)13-29-14-18(12-25-29)26-22(30)21-19-8-3-4-9-20(19)27-28-21/h3-10,12,14,24,31H,11,13,15H2,1-2H3,(H,26,30)(H,27,28). The lowest BCUT2D eigenvalue weighted by molar-refractivity contribution is 0.0795. The number of hydrogen-bond acceptors (Lipinski definition) is 5. The normalized spacial score (nSPS) is 11.7. The van der Waals surface area contributed by atoms with Gasteiger partial charge in [0.15, 0.2) is 5.69 Å². The first-order valence-corrected chi connectivity index (χ1v) is 10.2. The molecule has 0 unspecified atom stereocenters. The van der Waals surface area contributed by atoms with E-state index in [9.17, 15) is 9.90 Å². The molecule has 0 atom stereocenters. The molecule has 8 heteroatoms. The number of aliphatic hydroxyl groups is 1. The number of nitrogens with zero attached hydrogens (tertiary/aromatic N) is 3. The van der Waals surface area contributed by atoms with E-state index in [2.05, 4.69) is 32.0 Å². The summed E-state index contributed by atoms with van der Waals surface area (Å²) in [5.41, 5.74) is 3.28. The van der Waals surface area contributed by atoms with Crippen LogP contribution in [0.25, 0.3) is 10.9 Å². The predicted molar refractivity (Wildman–Crippen MR) is 120 cm³/mol. The number of amides is 1. The molecule has 0 radical (unpaired) electrons. The second kappa shape index (κ2) is 8.71. The smallest absolute Gasteiger partial charge is 0.276 e. The van der Waals surface area contributed by atoms with Gasteiger partial charge in [-0.25, -0.2) is 0 Å². The fourth-order valence-electron chi connectivity index (χ4n) is 3.38. The second-order valence-electron chi connectivity index (χ2n) is 8.23. The van der Waals surface area contributed by atoms with Crippen molar-refractivity contribution in [3.63, 3.8) is 0 Å². The molecule has 0 saturated heterocycles. The van der Waals surface area contributed by atoms with Gasteiger partial charge >= 0.3 is 0 Å². The molecule has 4 rings (SSSR count). The van der Waals surface area contributed by atoms with Crippen LogP contribution < -0.4 is 10.6 Å². The van der Waals surface area contributed by atoms with Gasteiger partial charge < -0.3 is 15.7 Å². The van der Waals surface area contributed by atoms with Crippen molar-refractivity contribution in [1.82, 2.24) is 25.3 Å². The molecule has 0 fully saturated rings. The van der Waals surface area contributed by atoms with Crippen LogP contribution >= 0.6 is 0 Å².